The molecule has 2 heterocycles. The summed E-state index contributed by atoms with van der Waals surface area (Å²) in [5.41, 5.74) is 2.09. The SMILES string of the molecule is Cc1ncc(S(C)(=O)=O)c(NCCCc2nc3ccccc3n2C)n1. The van der Waals surface area contributed by atoms with Gasteiger partial charge in [-0.1, -0.05) is 12.1 Å². The zero-order valence-electron chi connectivity index (χ0n) is 14.5. The van der Waals surface area contributed by atoms with Crippen molar-refractivity contribution in [1.29, 1.82) is 0 Å². The summed E-state index contributed by atoms with van der Waals surface area (Å²) in [6, 6.07) is 8.02. The van der Waals surface area contributed by atoms with E-state index in [0.29, 0.717) is 18.2 Å². The molecule has 0 aliphatic heterocycles. The number of aryl methyl sites for hydroxylation is 3. The molecule has 1 N–H and O–H groups in total. The average Bonchev–Trinajstić information content (AvgIpc) is 2.87. The highest BCUT2D eigenvalue weighted by Gasteiger charge is 2.15. The van der Waals surface area contributed by atoms with Gasteiger partial charge in [-0.05, 0) is 25.5 Å². The van der Waals surface area contributed by atoms with Crippen molar-refractivity contribution in [3.8, 4) is 0 Å². The monoisotopic (exact) mass is 359 g/mol. The number of nitrogens with one attached hydrogen (secondary N) is 1. The van der Waals surface area contributed by atoms with Gasteiger partial charge in [0.1, 0.15) is 22.4 Å². The Morgan fingerprint density at radius 1 is 1.20 bits per heavy atom. The summed E-state index contributed by atoms with van der Waals surface area (Å²) in [4.78, 5) is 13.0. The molecule has 3 aromatic rings. The van der Waals surface area contributed by atoms with Gasteiger partial charge in [0.15, 0.2) is 9.84 Å². The minimum atomic E-state index is -3.37. The first-order valence-electron chi connectivity index (χ1n) is 8.04. The largest absolute Gasteiger partial charge is 0.369 e. The Bertz CT molecular complexity index is 1010. The van der Waals surface area contributed by atoms with Crippen LogP contribution in [-0.2, 0) is 23.3 Å². The number of hydrogen-bond acceptors (Lipinski definition) is 6. The molecule has 0 unspecified atom stereocenters. The predicted molar refractivity (Wildman–Crippen MR) is 97.4 cm³/mol. The summed E-state index contributed by atoms with van der Waals surface area (Å²) in [5, 5.41) is 3.12. The van der Waals surface area contributed by atoms with Gasteiger partial charge < -0.3 is 9.88 Å². The van der Waals surface area contributed by atoms with Gasteiger partial charge in [0.05, 0.1) is 17.2 Å². The number of para-hydroxylation sites is 2. The molecule has 2 aromatic heterocycles. The lowest BCUT2D eigenvalue weighted by molar-refractivity contribution is 0.601. The van der Waals surface area contributed by atoms with E-state index in [1.807, 2.05) is 31.3 Å². The van der Waals surface area contributed by atoms with Crippen LogP contribution in [0.3, 0.4) is 0 Å². The lowest BCUT2D eigenvalue weighted by Crippen LogP contribution is -2.12. The Morgan fingerprint density at radius 3 is 2.68 bits per heavy atom. The minimum Gasteiger partial charge on any atom is -0.369 e. The fraction of sp³-hybridized carbons (Fsp3) is 0.353. The van der Waals surface area contributed by atoms with E-state index in [1.54, 1.807) is 6.92 Å². The molecule has 132 valence electrons. The first-order chi connectivity index (χ1) is 11.9. The fourth-order valence-electron chi connectivity index (χ4n) is 2.73. The van der Waals surface area contributed by atoms with E-state index >= 15 is 0 Å². The summed E-state index contributed by atoms with van der Waals surface area (Å²) in [5.74, 6) is 1.90. The number of imidazole rings is 1. The number of hydrogen-bond donors (Lipinski definition) is 1. The topological polar surface area (TPSA) is 89.8 Å². The van der Waals surface area contributed by atoms with Gasteiger partial charge in [-0.3, -0.25) is 0 Å². The molecule has 0 aliphatic rings. The van der Waals surface area contributed by atoms with Crippen LogP contribution in [0.15, 0.2) is 35.4 Å². The summed E-state index contributed by atoms with van der Waals surface area (Å²) < 4.78 is 25.7. The second-order valence-electron chi connectivity index (χ2n) is 6.01. The van der Waals surface area contributed by atoms with Crippen LogP contribution in [0.4, 0.5) is 5.82 Å². The Morgan fingerprint density at radius 2 is 1.96 bits per heavy atom. The Labute approximate surface area is 147 Å². The highest BCUT2D eigenvalue weighted by atomic mass is 32.2. The summed E-state index contributed by atoms with van der Waals surface area (Å²) in [7, 11) is -1.36. The average molecular weight is 359 g/mol. The molecule has 0 amide bonds. The molecule has 0 aliphatic carbocycles. The third kappa shape index (κ3) is 3.79. The number of sulfone groups is 1. The van der Waals surface area contributed by atoms with E-state index < -0.39 is 9.84 Å². The van der Waals surface area contributed by atoms with E-state index in [4.69, 9.17) is 0 Å². The van der Waals surface area contributed by atoms with Crippen molar-refractivity contribution in [2.45, 2.75) is 24.7 Å². The van der Waals surface area contributed by atoms with Crippen LogP contribution < -0.4 is 5.32 Å². The van der Waals surface area contributed by atoms with Crippen LogP contribution in [-0.4, -0.2) is 40.7 Å². The molecular formula is C17H21N5O2S. The summed E-state index contributed by atoms with van der Waals surface area (Å²) >= 11 is 0. The fourth-order valence-corrected chi connectivity index (χ4v) is 3.44. The number of nitrogens with zero attached hydrogens (tertiary/aromatic N) is 4. The Kier molecular flexibility index (Phi) is 4.71. The van der Waals surface area contributed by atoms with Gasteiger partial charge in [-0.2, -0.15) is 0 Å². The maximum Gasteiger partial charge on any atom is 0.180 e. The highest BCUT2D eigenvalue weighted by molar-refractivity contribution is 7.90. The number of fused-ring (bicyclic) bond motifs is 1. The van der Waals surface area contributed by atoms with Crippen molar-refractivity contribution in [3.63, 3.8) is 0 Å². The minimum absolute atomic E-state index is 0.126. The summed E-state index contributed by atoms with van der Waals surface area (Å²) in [6.45, 7) is 2.33. The first kappa shape index (κ1) is 17.3. The van der Waals surface area contributed by atoms with Crippen LogP contribution in [0, 0.1) is 6.92 Å². The lowest BCUT2D eigenvalue weighted by Gasteiger charge is -2.10. The molecule has 0 saturated carbocycles. The van der Waals surface area contributed by atoms with Crippen molar-refractivity contribution in [3.05, 3.63) is 42.1 Å². The maximum absolute atomic E-state index is 11.8. The molecular weight excluding hydrogens is 338 g/mol. The normalized spacial score (nSPS) is 11.8. The van der Waals surface area contributed by atoms with E-state index in [-0.39, 0.29) is 4.90 Å². The van der Waals surface area contributed by atoms with Crippen LogP contribution in [0.5, 0.6) is 0 Å². The number of anilines is 1. The third-order valence-electron chi connectivity index (χ3n) is 4.02. The molecule has 0 fully saturated rings. The molecule has 0 atom stereocenters. The van der Waals surface area contributed by atoms with E-state index in [1.165, 1.54) is 6.20 Å². The number of rotatable bonds is 6. The van der Waals surface area contributed by atoms with Crippen LogP contribution in [0.2, 0.25) is 0 Å². The maximum atomic E-state index is 11.8. The van der Waals surface area contributed by atoms with Crippen molar-refractivity contribution in [2.75, 3.05) is 18.1 Å². The quantitative estimate of drug-likeness (QED) is 0.678. The molecule has 7 nitrogen and oxygen atoms in total. The number of aromatic nitrogens is 4. The van der Waals surface area contributed by atoms with Crippen molar-refractivity contribution in [2.24, 2.45) is 7.05 Å². The van der Waals surface area contributed by atoms with Gasteiger partial charge in [0.2, 0.25) is 0 Å². The number of benzene rings is 1. The molecule has 0 bridgehead atoms. The predicted octanol–water partition coefficient (Wildman–Crippen LogP) is 2.12. The first-order valence-corrected chi connectivity index (χ1v) is 9.93. The van der Waals surface area contributed by atoms with E-state index in [9.17, 15) is 8.42 Å². The van der Waals surface area contributed by atoms with Crippen molar-refractivity contribution in [1.82, 2.24) is 19.5 Å². The molecule has 3 rings (SSSR count). The summed E-state index contributed by atoms with van der Waals surface area (Å²) in [6.07, 6.45) is 4.11. The van der Waals surface area contributed by atoms with Crippen LogP contribution >= 0.6 is 0 Å². The Hall–Kier alpha value is -2.48. The van der Waals surface area contributed by atoms with Crippen molar-refractivity contribution < 1.29 is 8.42 Å². The van der Waals surface area contributed by atoms with Crippen molar-refractivity contribution >= 4 is 26.7 Å². The van der Waals surface area contributed by atoms with Gasteiger partial charge in [-0.15, -0.1) is 0 Å². The Balaban J connectivity index is 1.67. The smallest absolute Gasteiger partial charge is 0.180 e. The molecule has 25 heavy (non-hydrogen) atoms. The molecule has 0 saturated heterocycles. The zero-order chi connectivity index (χ0) is 18.0. The van der Waals surface area contributed by atoms with Gasteiger partial charge >= 0.3 is 0 Å². The van der Waals surface area contributed by atoms with Gasteiger partial charge in [0.25, 0.3) is 0 Å². The molecule has 0 radical (unpaired) electrons. The van der Waals surface area contributed by atoms with Crippen LogP contribution in [0.25, 0.3) is 11.0 Å². The molecule has 0 spiro atoms. The van der Waals surface area contributed by atoms with Gasteiger partial charge in [-0.25, -0.2) is 23.4 Å². The van der Waals surface area contributed by atoms with Gasteiger partial charge in [0, 0.05) is 26.3 Å². The highest BCUT2D eigenvalue weighted by Crippen LogP contribution is 2.18. The van der Waals surface area contributed by atoms with E-state index in [0.717, 1.165) is 36.0 Å². The molecule has 8 heteroatoms. The standard InChI is InChI=1S/C17H21N5O2S/c1-12-19-11-15(25(3,23)24)17(20-12)18-10-6-9-16-21-13-7-4-5-8-14(13)22(16)2/h4-5,7-8,11H,6,9-10H2,1-3H3,(H,18,19,20). The van der Waals surface area contributed by atoms with E-state index in [2.05, 4.69) is 24.8 Å². The second-order valence-corrected chi connectivity index (χ2v) is 7.99. The second kappa shape index (κ2) is 6.79. The third-order valence-corrected chi connectivity index (χ3v) is 5.12. The molecule has 1 aromatic carbocycles. The van der Waals surface area contributed by atoms with Crippen LogP contribution in [0.1, 0.15) is 18.1 Å². The lowest BCUT2D eigenvalue weighted by atomic mass is 10.3. The zero-order valence-corrected chi connectivity index (χ0v) is 15.3.